The van der Waals surface area contributed by atoms with Crippen molar-refractivity contribution in [2.75, 3.05) is 0 Å². The third kappa shape index (κ3) is 2.87. The third-order valence-corrected chi connectivity index (χ3v) is 3.16. The summed E-state index contributed by atoms with van der Waals surface area (Å²) < 4.78 is 0. The van der Waals surface area contributed by atoms with Gasteiger partial charge in [0, 0.05) is 0 Å². The summed E-state index contributed by atoms with van der Waals surface area (Å²) in [4.78, 5) is 0. The topological polar surface area (TPSA) is 0 Å². The van der Waals surface area contributed by atoms with E-state index in [2.05, 4.69) is 66.7 Å². The first-order valence-electron chi connectivity index (χ1n) is 6.30. The van der Waals surface area contributed by atoms with Gasteiger partial charge in [-0.2, -0.15) is 0 Å². The summed E-state index contributed by atoms with van der Waals surface area (Å²) >= 11 is 0. The van der Waals surface area contributed by atoms with Crippen molar-refractivity contribution in [2.45, 2.75) is 65.7 Å². The molecule has 0 atom stereocenters. The second-order valence-corrected chi connectivity index (χ2v) is 6.73. The highest BCUT2D eigenvalue weighted by Crippen LogP contribution is 2.30. The van der Waals surface area contributed by atoms with Crippen LogP contribution in [0.15, 0.2) is 18.2 Å². The first-order valence-corrected chi connectivity index (χ1v) is 6.30. The van der Waals surface area contributed by atoms with Crippen molar-refractivity contribution in [3.8, 4) is 0 Å². The molecule has 0 nitrogen and oxygen atoms in total. The molecule has 0 saturated carbocycles. The summed E-state index contributed by atoms with van der Waals surface area (Å²) in [6, 6.07) is 7.00. The van der Waals surface area contributed by atoms with Crippen LogP contribution in [0.2, 0.25) is 0 Å². The first-order chi connectivity index (χ1) is 7.16. The molecule has 90 valence electrons. The molecule has 0 unspecified atom stereocenters. The van der Waals surface area contributed by atoms with Gasteiger partial charge in [-0.25, -0.2) is 0 Å². The molecule has 1 aromatic carbocycles. The molecule has 0 aliphatic heterocycles. The van der Waals surface area contributed by atoms with Crippen LogP contribution in [0.4, 0.5) is 0 Å². The molecule has 0 aromatic heterocycles. The second kappa shape index (κ2) is 4.24. The fraction of sp³-hybridized carbons (Fsp3) is 0.625. The molecule has 1 rings (SSSR count). The Morgan fingerprint density at radius 2 is 1.44 bits per heavy atom. The quantitative estimate of drug-likeness (QED) is 0.632. The Hall–Kier alpha value is -0.780. The Morgan fingerprint density at radius 3 is 1.81 bits per heavy atom. The maximum atomic E-state index is 2.39. The van der Waals surface area contributed by atoms with E-state index in [0.717, 1.165) is 6.42 Å². The SMILES string of the molecule is CCc1cc(C(C)(C)C)ccc1C(C)(C)C. The highest BCUT2D eigenvalue weighted by atomic mass is 14.2. The summed E-state index contributed by atoms with van der Waals surface area (Å²) in [6.07, 6.45) is 1.12. The van der Waals surface area contributed by atoms with Gasteiger partial charge in [0.1, 0.15) is 0 Å². The van der Waals surface area contributed by atoms with Crippen LogP contribution in [0.1, 0.15) is 65.2 Å². The molecule has 0 heterocycles. The second-order valence-electron chi connectivity index (χ2n) is 6.73. The predicted molar refractivity (Wildman–Crippen MR) is 73.2 cm³/mol. The van der Waals surface area contributed by atoms with Crippen molar-refractivity contribution in [2.24, 2.45) is 0 Å². The van der Waals surface area contributed by atoms with E-state index in [1.807, 2.05) is 0 Å². The third-order valence-electron chi connectivity index (χ3n) is 3.16. The molecule has 0 saturated heterocycles. The molecule has 0 aliphatic rings. The van der Waals surface area contributed by atoms with Crippen LogP contribution in [0.5, 0.6) is 0 Å². The summed E-state index contributed by atoms with van der Waals surface area (Å²) in [5.41, 5.74) is 4.93. The maximum absolute atomic E-state index is 2.39. The summed E-state index contributed by atoms with van der Waals surface area (Å²) in [5.74, 6) is 0. The van der Waals surface area contributed by atoms with Gasteiger partial charge in [0.2, 0.25) is 0 Å². The van der Waals surface area contributed by atoms with Gasteiger partial charge in [-0.3, -0.25) is 0 Å². The van der Waals surface area contributed by atoms with Crippen molar-refractivity contribution < 1.29 is 0 Å². The number of hydrogen-bond acceptors (Lipinski definition) is 0. The molecule has 0 spiro atoms. The number of benzene rings is 1. The van der Waals surface area contributed by atoms with Crippen LogP contribution in [0.3, 0.4) is 0 Å². The van der Waals surface area contributed by atoms with E-state index in [1.54, 1.807) is 0 Å². The Morgan fingerprint density at radius 1 is 0.875 bits per heavy atom. The highest BCUT2D eigenvalue weighted by molar-refractivity contribution is 5.38. The Labute approximate surface area is 101 Å². The van der Waals surface area contributed by atoms with Crippen LogP contribution in [-0.2, 0) is 17.3 Å². The lowest BCUT2D eigenvalue weighted by molar-refractivity contribution is 0.570. The van der Waals surface area contributed by atoms with E-state index in [1.165, 1.54) is 16.7 Å². The predicted octanol–water partition coefficient (Wildman–Crippen LogP) is 4.84. The number of aryl methyl sites for hydroxylation is 1. The van der Waals surface area contributed by atoms with Gasteiger partial charge in [-0.05, 0) is 33.9 Å². The van der Waals surface area contributed by atoms with Crippen molar-refractivity contribution >= 4 is 0 Å². The van der Waals surface area contributed by atoms with E-state index in [9.17, 15) is 0 Å². The normalized spacial score (nSPS) is 12.9. The van der Waals surface area contributed by atoms with Gasteiger partial charge >= 0.3 is 0 Å². The van der Waals surface area contributed by atoms with Crippen molar-refractivity contribution in [3.05, 3.63) is 34.9 Å². The molecule has 16 heavy (non-hydrogen) atoms. The van der Waals surface area contributed by atoms with Gasteiger partial charge in [0.25, 0.3) is 0 Å². The minimum atomic E-state index is 0.250. The maximum Gasteiger partial charge on any atom is -0.0129 e. The van der Waals surface area contributed by atoms with Crippen molar-refractivity contribution in [1.82, 2.24) is 0 Å². The smallest absolute Gasteiger partial charge is 0.0129 e. The molecule has 0 radical (unpaired) electrons. The molecule has 0 fully saturated rings. The number of rotatable bonds is 1. The first kappa shape index (κ1) is 13.3. The standard InChI is InChI=1S/C16H26/c1-8-12-11-13(15(2,3)4)9-10-14(12)16(5,6)7/h9-11H,8H2,1-7H3. The fourth-order valence-electron chi connectivity index (χ4n) is 2.08. The van der Waals surface area contributed by atoms with Gasteiger partial charge in [0.15, 0.2) is 0 Å². The van der Waals surface area contributed by atoms with Crippen LogP contribution >= 0.6 is 0 Å². The van der Waals surface area contributed by atoms with Gasteiger partial charge in [-0.1, -0.05) is 66.7 Å². The monoisotopic (exact) mass is 218 g/mol. The summed E-state index contributed by atoms with van der Waals surface area (Å²) in [7, 11) is 0. The van der Waals surface area contributed by atoms with Gasteiger partial charge < -0.3 is 0 Å². The lowest BCUT2D eigenvalue weighted by atomic mass is 9.79. The van der Waals surface area contributed by atoms with E-state index < -0.39 is 0 Å². The molecular formula is C16H26. The molecule has 0 aliphatic carbocycles. The van der Waals surface area contributed by atoms with Crippen molar-refractivity contribution in [3.63, 3.8) is 0 Å². The zero-order valence-electron chi connectivity index (χ0n) is 11.9. The fourth-order valence-corrected chi connectivity index (χ4v) is 2.08. The molecular weight excluding hydrogens is 192 g/mol. The van der Waals surface area contributed by atoms with E-state index in [0.29, 0.717) is 0 Å². The van der Waals surface area contributed by atoms with Crippen LogP contribution in [0, 0.1) is 0 Å². The number of hydrogen-bond donors (Lipinski definition) is 0. The largest absolute Gasteiger partial charge is 0.0613 e. The van der Waals surface area contributed by atoms with Crippen LogP contribution in [0.25, 0.3) is 0 Å². The highest BCUT2D eigenvalue weighted by Gasteiger charge is 2.20. The lowest BCUT2D eigenvalue weighted by Crippen LogP contribution is -2.17. The lowest BCUT2D eigenvalue weighted by Gasteiger charge is -2.26. The van der Waals surface area contributed by atoms with Crippen LogP contribution in [-0.4, -0.2) is 0 Å². The van der Waals surface area contributed by atoms with E-state index in [4.69, 9.17) is 0 Å². The van der Waals surface area contributed by atoms with Crippen LogP contribution < -0.4 is 0 Å². The zero-order valence-corrected chi connectivity index (χ0v) is 11.9. The average molecular weight is 218 g/mol. The molecule has 0 amide bonds. The van der Waals surface area contributed by atoms with Gasteiger partial charge in [0.05, 0.1) is 0 Å². The average Bonchev–Trinajstić information content (AvgIpc) is 2.14. The minimum Gasteiger partial charge on any atom is -0.0613 e. The molecule has 1 aromatic rings. The summed E-state index contributed by atoms with van der Waals surface area (Å²) in [6.45, 7) is 15.9. The molecule has 0 bridgehead atoms. The molecule has 0 N–H and O–H groups in total. The van der Waals surface area contributed by atoms with Gasteiger partial charge in [-0.15, -0.1) is 0 Å². The Bertz CT molecular complexity index is 359. The molecule has 0 heteroatoms. The Balaban J connectivity index is 3.28. The summed E-state index contributed by atoms with van der Waals surface area (Å²) in [5, 5.41) is 0. The minimum absolute atomic E-state index is 0.250. The Kier molecular flexibility index (Phi) is 3.52. The zero-order chi connectivity index (χ0) is 12.6. The van der Waals surface area contributed by atoms with Crippen molar-refractivity contribution in [1.29, 1.82) is 0 Å². The van der Waals surface area contributed by atoms with E-state index >= 15 is 0 Å². The van der Waals surface area contributed by atoms with E-state index in [-0.39, 0.29) is 10.8 Å².